The Hall–Kier alpha value is -3.91. The Balaban J connectivity index is 1.43. The first kappa shape index (κ1) is 26.2. The van der Waals surface area contributed by atoms with E-state index in [-0.39, 0.29) is 17.6 Å². The summed E-state index contributed by atoms with van der Waals surface area (Å²) < 4.78 is 10.7. The molecule has 1 atom stereocenters. The Kier molecular flexibility index (Phi) is 8.08. The normalized spacial score (nSPS) is 18.1. The molecule has 196 valence electrons. The van der Waals surface area contributed by atoms with Crippen molar-refractivity contribution >= 4 is 29.3 Å². The fourth-order valence-electron chi connectivity index (χ4n) is 4.26. The molecule has 0 bridgehead atoms. The number of amides is 2. The molecule has 1 aromatic heterocycles. The summed E-state index contributed by atoms with van der Waals surface area (Å²) in [5.74, 6) is 0.903. The summed E-state index contributed by atoms with van der Waals surface area (Å²) in [5, 5.41) is 15.7. The molecule has 1 aromatic carbocycles. The first-order valence-electron chi connectivity index (χ1n) is 12.5. The van der Waals surface area contributed by atoms with Crippen LogP contribution in [0.15, 0.2) is 30.5 Å². The van der Waals surface area contributed by atoms with Crippen LogP contribution in [-0.2, 0) is 9.47 Å². The molecule has 3 heterocycles. The molecular formula is C26H33N7O4. The van der Waals surface area contributed by atoms with Gasteiger partial charge in [0, 0.05) is 43.5 Å². The summed E-state index contributed by atoms with van der Waals surface area (Å²) in [4.78, 5) is 37.7. The standard InChI is InChI=1S/C26H33N7O4/c1-26(2,3)37-25(35)30-20-5-4-10-33(17-20)22-16-28-21(15-27)23(31-22)29-19-8-6-18(7-9-19)24(34)32-11-13-36-14-12-32/h6-9,16,20H,4-5,10-14,17H2,1-3H3,(H,29,31)(H,30,35)/t20-/m1/s1. The molecule has 2 fully saturated rings. The second kappa shape index (κ2) is 11.4. The molecule has 4 rings (SSSR count). The summed E-state index contributed by atoms with van der Waals surface area (Å²) in [6, 6.07) is 9.05. The predicted molar refractivity (Wildman–Crippen MR) is 138 cm³/mol. The monoisotopic (exact) mass is 507 g/mol. The molecule has 0 spiro atoms. The number of nitriles is 1. The number of rotatable bonds is 5. The number of carbonyl (C=O) groups excluding carboxylic acids is 2. The van der Waals surface area contributed by atoms with Crippen LogP contribution in [0.25, 0.3) is 0 Å². The number of alkyl carbamates (subject to hydrolysis) is 1. The summed E-state index contributed by atoms with van der Waals surface area (Å²) >= 11 is 0. The van der Waals surface area contributed by atoms with Crippen molar-refractivity contribution in [2.24, 2.45) is 0 Å². The van der Waals surface area contributed by atoms with Gasteiger partial charge in [-0.3, -0.25) is 4.79 Å². The fourth-order valence-corrected chi connectivity index (χ4v) is 4.26. The average Bonchev–Trinajstić information content (AvgIpc) is 2.88. The molecule has 2 amide bonds. The molecule has 0 unspecified atom stereocenters. The molecule has 2 aliphatic rings. The molecular weight excluding hydrogens is 474 g/mol. The van der Waals surface area contributed by atoms with E-state index >= 15 is 0 Å². The van der Waals surface area contributed by atoms with Crippen molar-refractivity contribution in [3.05, 3.63) is 41.7 Å². The highest BCUT2D eigenvalue weighted by Gasteiger charge is 2.26. The van der Waals surface area contributed by atoms with Crippen molar-refractivity contribution in [3.8, 4) is 6.07 Å². The molecule has 11 nitrogen and oxygen atoms in total. The van der Waals surface area contributed by atoms with Crippen molar-refractivity contribution in [2.75, 3.05) is 49.6 Å². The van der Waals surface area contributed by atoms with Gasteiger partial charge in [-0.15, -0.1) is 0 Å². The van der Waals surface area contributed by atoms with Crippen LogP contribution in [0.2, 0.25) is 0 Å². The van der Waals surface area contributed by atoms with Gasteiger partial charge >= 0.3 is 6.09 Å². The van der Waals surface area contributed by atoms with Crippen LogP contribution >= 0.6 is 0 Å². The highest BCUT2D eigenvalue weighted by molar-refractivity contribution is 5.94. The van der Waals surface area contributed by atoms with Crippen LogP contribution in [0.1, 0.15) is 49.7 Å². The van der Waals surface area contributed by atoms with Gasteiger partial charge < -0.3 is 29.9 Å². The number of morpholine rings is 1. The Morgan fingerprint density at radius 3 is 2.57 bits per heavy atom. The Morgan fingerprint density at radius 2 is 1.89 bits per heavy atom. The van der Waals surface area contributed by atoms with Gasteiger partial charge in [0.25, 0.3) is 5.91 Å². The highest BCUT2D eigenvalue weighted by atomic mass is 16.6. The molecule has 2 N–H and O–H groups in total. The van der Waals surface area contributed by atoms with Crippen LogP contribution in [0.4, 0.5) is 22.1 Å². The van der Waals surface area contributed by atoms with E-state index in [1.165, 1.54) is 0 Å². The molecule has 0 saturated carbocycles. The zero-order valence-corrected chi connectivity index (χ0v) is 21.5. The van der Waals surface area contributed by atoms with E-state index in [0.29, 0.717) is 55.7 Å². The second-order valence-corrected chi connectivity index (χ2v) is 10.1. The van der Waals surface area contributed by atoms with Gasteiger partial charge in [-0.1, -0.05) is 0 Å². The maximum atomic E-state index is 12.7. The topological polar surface area (TPSA) is 133 Å². The number of anilines is 3. The number of ether oxygens (including phenoxy) is 2. The third-order valence-corrected chi connectivity index (χ3v) is 6.02. The number of hydrogen-bond donors (Lipinski definition) is 2. The van der Waals surface area contributed by atoms with Gasteiger partial charge in [-0.25, -0.2) is 14.8 Å². The molecule has 11 heteroatoms. The largest absolute Gasteiger partial charge is 0.444 e. The van der Waals surface area contributed by atoms with Gasteiger partial charge in [0.1, 0.15) is 17.5 Å². The molecule has 0 aliphatic carbocycles. The zero-order valence-electron chi connectivity index (χ0n) is 21.5. The average molecular weight is 508 g/mol. The Bertz CT molecular complexity index is 1150. The second-order valence-electron chi connectivity index (χ2n) is 10.1. The van der Waals surface area contributed by atoms with Crippen molar-refractivity contribution in [1.29, 1.82) is 5.26 Å². The van der Waals surface area contributed by atoms with Crippen molar-refractivity contribution in [1.82, 2.24) is 20.2 Å². The van der Waals surface area contributed by atoms with E-state index in [1.54, 1.807) is 35.4 Å². The molecule has 0 radical (unpaired) electrons. The van der Waals surface area contributed by atoms with Crippen LogP contribution in [0.5, 0.6) is 0 Å². The van der Waals surface area contributed by atoms with Crippen molar-refractivity contribution in [3.63, 3.8) is 0 Å². The third kappa shape index (κ3) is 7.07. The lowest BCUT2D eigenvalue weighted by atomic mass is 10.1. The number of piperidine rings is 1. The van der Waals surface area contributed by atoms with Gasteiger partial charge in [-0.2, -0.15) is 5.26 Å². The first-order valence-corrected chi connectivity index (χ1v) is 12.5. The summed E-state index contributed by atoms with van der Waals surface area (Å²) in [6.07, 6.45) is 2.83. The fraction of sp³-hybridized carbons (Fsp3) is 0.500. The lowest BCUT2D eigenvalue weighted by Gasteiger charge is -2.34. The lowest BCUT2D eigenvalue weighted by molar-refractivity contribution is 0.0303. The zero-order chi connectivity index (χ0) is 26.4. The SMILES string of the molecule is CC(C)(C)OC(=O)N[C@@H]1CCCN(c2cnc(C#N)c(Nc3ccc(C(=O)N4CCOCC4)cc3)n2)C1. The van der Waals surface area contributed by atoms with Crippen LogP contribution in [-0.4, -0.2) is 77.9 Å². The predicted octanol–water partition coefficient (Wildman–Crippen LogP) is 3.06. The van der Waals surface area contributed by atoms with Crippen molar-refractivity contribution in [2.45, 2.75) is 45.3 Å². The van der Waals surface area contributed by atoms with Gasteiger partial charge in [-0.05, 0) is 57.9 Å². The maximum absolute atomic E-state index is 12.7. The number of nitrogens with zero attached hydrogens (tertiary/aromatic N) is 5. The minimum absolute atomic E-state index is 0.0333. The molecule has 2 saturated heterocycles. The van der Waals surface area contributed by atoms with Gasteiger partial charge in [0.15, 0.2) is 11.5 Å². The minimum Gasteiger partial charge on any atom is -0.444 e. The summed E-state index contributed by atoms with van der Waals surface area (Å²) in [5.41, 5.74) is 0.873. The Morgan fingerprint density at radius 1 is 1.16 bits per heavy atom. The van der Waals surface area contributed by atoms with Crippen molar-refractivity contribution < 1.29 is 19.1 Å². The third-order valence-electron chi connectivity index (χ3n) is 6.02. The van der Waals surface area contributed by atoms with Gasteiger partial charge in [0.05, 0.1) is 19.4 Å². The van der Waals surface area contributed by atoms with E-state index in [9.17, 15) is 14.9 Å². The number of benzene rings is 1. The molecule has 37 heavy (non-hydrogen) atoms. The minimum atomic E-state index is -0.564. The number of hydrogen-bond acceptors (Lipinski definition) is 9. The maximum Gasteiger partial charge on any atom is 0.407 e. The number of carbonyl (C=O) groups is 2. The van der Waals surface area contributed by atoms with Crippen LogP contribution in [0, 0.1) is 11.3 Å². The summed E-state index contributed by atoms with van der Waals surface area (Å²) in [6.45, 7) is 9.05. The highest BCUT2D eigenvalue weighted by Crippen LogP contribution is 2.24. The summed E-state index contributed by atoms with van der Waals surface area (Å²) in [7, 11) is 0. The van der Waals surface area contributed by atoms with Crippen LogP contribution < -0.4 is 15.5 Å². The molecule has 2 aromatic rings. The smallest absolute Gasteiger partial charge is 0.407 e. The van der Waals surface area contributed by atoms with Gasteiger partial charge in [0.2, 0.25) is 0 Å². The molecule has 2 aliphatic heterocycles. The number of nitrogens with one attached hydrogen (secondary N) is 2. The Labute approximate surface area is 216 Å². The quantitative estimate of drug-likeness (QED) is 0.626. The lowest BCUT2D eigenvalue weighted by Crippen LogP contribution is -2.49. The first-order chi connectivity index (χ1) is 17.7. The van der Waals surface area contributed by atoms with Crippen LogP contribution in [0.3, 0.4) is 0 Å². The van der Waals surface area contributed by atoms with E-state index < -0.39 is 11.7 Å². The van der Waals surface area contributed by atoms with E-state index in [1.807, 2.05) is 25.7 Å². The van der Waals surface area contributed by atoms with E-state index in [4.69, 9.17) is 9.47 Å². The van der Waals surface area contributed by atoms with E-state index in [2.05, 4.69) is 26.7 Å². The van der Waals surface area contributed by atoms with E-state index in [0.717, 1.165) is 19.4 Å². The number of aromatic nitrogens is 2.